The summed E-state index contributed by atoms with van der Waals surface area (Å²) in [7, 11) is 0. The Morgan fingerprint density at radius 1 is 1.35 bits per heavy atom. The lowest BCUT2D eigenvalue weighted by Gasteiger charge is -2.29. The molecular weight excluding hydrogens is 309 g/mol. The Morgan fingerprint density at radius 3 is 2.83 bits per heavy atom. The fourth-order valence-electron chi connectivity index (χ4n) is 2.37. The van der Waals surface area contributed by atoms with Crippen LogP contribution in [-0.4, -0.2) is 18.9 Å². The molecule has 0 fully saturated rings. The van der Waals surface area contributed by atoms with E-state index in [-0.39, 0.29) is 23.7 Å². The summed E-state index contributed by atoms with van der Waals surface area (Å²) in [6.07, 6.45) is -2.80. The lowest BCUT2D eigenvalue weighted by Crippen LogP contribution is -2.34. The Bertz CT molecular complexity index is 787. The minimum Gasteiger partial charge on any atom is -0.383 e. The number of hydrogen-bond donors (Lipinski definition) is 1. The molecule has 0 aromatic heterocycles. The Labute approximate surface area is 129 Å². The zero-order valence-electron chi connectivity index (χ0n) is 11.8. The molecule has 0 aliphatic carbocycles. The van der Waals surface area contributed by atoms with E-state index in [2.05, 4.69) is 5.10 Å². The average Bonchev–Trinajstić information content (AvgIpc) is 2.53. The number of anilines is 1. The molecule has 2 N–H and O–H groups in total. The lowest BCUT2D eigenvalue weighted by molar-refractivity contribution is -0.137. The zero-order valence-corrected chi connectivity index (χ0v) is 11.8. The number of alkyl halides is 3. The predicted octanol–water partition coefficient (Wildman–Crippen LogP) is 2.53. The maximum atomic E-state index is 12.9. The van der Waals surface area contributed by atoms with E-state index in [0.29, 0.717) is 17.9 Å². The van der Waals surface area contributed by atoms with Gasteiger partial charge in [-0.25, -0.2) is 5.01 Å². The van der Waals surface area contributed by atoms with Gasteiger partial charge in [0, 0.05) is 5.57 Å². The maximum absolute atomic E-state index is 12.9. The summed E-state index contributed by atoms with van der Waals surface area (Å²) in [5.41, 5.74) is 6.46. The highest BCUT2D eigenvalue weighted by Gasteiger charge is 2.32. The van der Waals surface area contributed by atoms with Crippen molar-refractivity contribution in [1.29, 1.82) is 5.26 Å². The van der Waals surface area contributed by atoms with Crippen LogP contribution < -0.4 is 10.7 Å². The molecule has 1 aromatic carbocycles. The Balaban J connectivity index is 2.10. The molecule has 2 aliphatic heterocycles. The van der Waals surface area contributed by atoms with Crippen LogP contribution in [0.25, 0.3) is 0 Å². The number of allylic oxidation sites excluding steroid dienone is 1. The molecule has 0 amide bonds. The van der Waals surface area contributed by atoms with Crippen molar-refractivity contribution in [3.8, 4) is 6.07 Å². The van der Waals surface area contributed by atoms with Gasteiger partial charge in [-0.1, -0.05) is 6.07 Å². The molecule has 5 nitrogen and oxygen atoms in total. The molecule has 0 saturated carbocycles. The number of nitriles is 1. The molecule has 0 radical (unpaired) electrons. The van der Waals surface area contributed by atoms with Crippen LogP contribution in [-0.2, 0) is 10.9 Å². The highest BCUT2D eigenvalue weighted by atomic mass is 19.4. The second-order valence-corrected chi connectivity index (χ2v) is 4.91. The van der Waals surface area contributed by atoms with E-state index in [4.69, 9.17) is 10.5 Å². The van der Waals surface area contributed by atoms with E-state index in [1.54, 1.807) is 6.08 Å². The highest BCUT2D eigenvalue weighted by molar-refractivity contribution is 6.08. The SMILES string of the molecule is N#CC1=C(N)N(c2cccc(C(F)(F)F)c2)N=C2COCC=C21. The van der Waals surface area contributed by atoms with E-state index < -0.39 is 11.7 Å². The zero-order chi connectivity index (χ0) is 16.6. The summed E-state index contributed by atoms with van der Waals surface area (Å²) in [5.74, 6) is -0.0104. The average molecular weight is 320 g/mol. The summed E-state index contributed by atoms with van der Waals surface area (Å²) < 4.78 is 43.8. The number of benzene rings is 1. The fraction of sp³-hybridized carbons (Fsp3) is 0.200. The first kappa shape index (κ1) is 15.1. The van der Waals surface area contributed by atoms with Gasteiger partial charge in [-0.15, -0.1) is 0 Å². The first-order chi connectivity index (χ1) is 10.9. The summed E-state index contributed by atoms with van der Waals surface area (Å²) in [5, 5.41) is 14.7. The van der Waals surface area contributed by atoms with Gasteiger partial charge >= 0.3 is 6.18 Å². The van der Waals surface area contributed by atoms with Crippen LogP contribution in [0.3, 0.4) is 0 Å². The molecule has 8 heteroatoms. The Kier molecular flexibility index (Phi) is 3.58. The van der Waals surface area contributed by atoms with E-state index in [9.17, 15) is 18.4 Å². The number of nitrogens with zero attached hydrogens (tertiary/aromatic N) is 3. The van der Waals surface area contributed by atoms with Crippen molar-refractivity contribution in [1.82, 2.24) is 0 Å². The van der Waals surface area contributed by atoms with Gasteiger partial charge in [0.25, 0.3) is 0 Å². The lowest BCUT2D eigenvalue weighted by atomic mass is 9.99. The van der Waals surface area contributed by atoms with E-state index in [0.717, 1.165) is 17.1 Å². The van der Waals surface area contributed by atoms with Gasteiger partial charge in [0.05, 0.1) is 30.2 Å². The molecule has 2 heterocycles. The van der Waals surface area contributed by atoms with Crippen molar-refractivity contribution in [2.75, 3.05) is 18.2 Å². The molecule has 118 valence electrons. The second-order valence-electron chi connectivity index (χ2n) is 4.91. The highest BCUT2D eigenvalue weighted by Crippen LogP contribution is 2.34. The number of halogens is 3. The molecule has 0 unspecified atom stereocenters. The minimum absolute atomic E-state index is 0.0104. The third-order valence-corrected chi connectivity index (χ3v) is 3.46. The number of hydrazone groups is 1. The summed E-state index contributed by atoms with van der Waals surface area (Å²) in [4.78, 5) is 0. The standard InChI is InChI=1S/C15H11F3N4O/c16-15(17,18)9-2-1-3-10(6-9)22-14(20)12(7-19)11-4-5-23-8-13(11)21-22/h1-4,6H,5,8,20H2. The maximum Gasteiger partial charge on any atom is 0.416 e. The molecule has 3 rings (SSSR count). The number of hydrogen-bond acceptors (Lipinski definition) is 5. The second kappa shape index (κ2) is 5.44. The normalized spacial score (nSPS) is 18.1. The van der Waals surface area contributed by atoms with E-state index in [1.165, 1.54) is 12.1 Å². The van der Waals surface area contributed by atoms with Gasteiger partial charge in [0.15, 0.2) is 0 Å². The smallest absolute Gasteiger partial charge is 0.383 e. The number of fused-ring (bicyclic) bond motifs is 1. The van der Waals surface area contributed by atoms with Crippen LogP contribution in [0.4, 0.5) is 18.9 Å². The fourth-order valence-corrected chi connectivity index (χ4v) is 2.37. The Morgan fingerprint density at radius 2 is 2.13 bits per heavy atom. The van der Waals surface area contributed by atoms with Gasteiger partial charge in [0.2, 0.25) is 0 Å². The van der Waals surface area contributed by atoms with Gasteiger partial charge in [-0.05, 0) is 24.3 Å². The molecule has 0 atom stereocenters. The largest absolute Gasteiger partial charge is 0.416 e. The summed E-state index contributed by atoms with van der Waals surface area (Å²) in [6, 6.07) is 6.59. The van der Waals surface area contributed by atoms with Crippen molar-refractivity contribution in [3.63, 3.8) is 0 Å². The first-order valence-corrected chi connectivity index (χ1v) is 6.65. The molecule has 2 aliphatic rings. The van der Waals surface area contributed by atoms with Crippen LogP contribution in [0.1, 0.15) is 5.56 Å². The summed E-state index contributed by atoms with van der Waals surface area (Å²) >= 11 is 0. The van der Waals surface area contributed by atoms with Crippen molar-refractivity contribution in [3.05, 3.63) is 52.9 Å². The molecule has 23 heavy (non-hydrogen) atoms. The predicted molar refractivity (Wildman–Crippen MR) is 77.1 cm³/mol. The first-order valence-electron chi connectivity index (χ1n) is 6.65. The molecule has 0 bridgehead atoms. The van der Waals surface area contributed by atoms with Gasteiger partial charge in [-0.2, -0.15) is 23.5 Å². The third kappa shape index (κ3) is 2.66. The molecular formula is C15H11F3N4O. The third-order valence-electron chi connectivity index (χ3n) is 3.46. The molecule has 1 aromatic rings. The summed E-state index contributed by atoms with van der Waals surface area (Å²) in [6.45, 7) is 0.496. The topological polar surface area (TPSA) is 74.6 Å². The van der Waals surface area contributed by atoms with Crippen LogP contribution in [0.5, 0.6) is 0 Å². The van der Waals surface area contributed by atoms with Crippen molar-refractivity contribution in [2.24, 2.45) is 10.8 Å². The molecule has 0 spiro atoms. The monoisotopic (exact) mass is 320 g/mol. The van der Waals surface area contributed by atoms with Crippen LogP contribution in [0, 0.1) is 11.3 Å². The van der Waals surface area contributed by atoms with Crippen molar-refractivity contribution >= 4 is 11.4 Å². The van der Waals surface area contributed by atoms with Gasteiger partial charge < -0.3 is 10.5 Å². The number of nitrogens with two attached hydrogens (primary N) is 1. The molecule has 0 saturated heterocycles. The van der Waals surface area contributed by atoms with Crippen LogP contribution in [0.2, 0.25) is 0 Å². The van der Waals surface area contributed by atoms with Crippen LogP contribution in [0.15, 0.2) is 52.4 Å². The van der Waals surface area contributed by atoms with Crippen molar-refractivity contribution in [2.45, 2.75) is 6.18 Å². The number of rotatable bonds is 1. The number of ether oxygens (including phenoxy) is 1. The van der Waals surface area contributed by atoms with E-state index >= 15 is 0 Å². The van der Waals surface area contributed by atoms with Gasteiger partial charge in [0.1, 0.15) is 17.5 Å². The van der Waals surface area contributed by atoms with Crippen molar-refractivity contribution < 1.29 is 17.9 Å². The van der Waals surface area contributed by atoms with Gasteiger partial charge in [-0.3, -0.25) is 0 Å². The Hall–Kier alpha value is -2.79. The van der Waals surface area contributed by atoms with Crippen LogP contribution >= 0.6 is 0 Å². The quantitative estimate of drug-likeness (QED) is 0.863. The minimum atomic E-state index is -4.48. The van der Waals surface area contributed by atoms with E-state index in [1.807, 2.05) is 6.07 Å².